The van der Waals surface area contributed by atoms with Crippen molar-refractivity contribution in [1.82, 2.24) is 19.9 Å². The molecule has 2 N–H and O–H groups in total. The average molecular weight is 343 g/mol. The number of hydrogen-bond donors (Lipinski definition) is 2. The van der Waals surface area contributed by atoms with Gasteiger partial charge in [-0.15, -0.1) is 0 Å². The van der Waals surface area contributed by atoms with Crippen LogP contribution >= 0.6 is 0 Å². The summed E-state index contributed by atoms with van der Waals surface area (Å²) in [4.78, 5) is 25.5. The maximum Gasteiger partial charge on any atom is 0.353 e. The van der Waals surface area contributed by atoms with Crippen molar-refractivity contribution < 1.29 is 4.92 Å². The van der Waals surface area contributed by atoms with Gasteiger partial charge in [0.05, 0.1) is 4.92 Å². The van der Waals surface area contributed by atoms with Gasteiger partial charge in [0.2, 0.25) is 11.6 Å². The number of piperidine rings is 1. The van der Waals surface area contributed by atoms with Gasteiger partial charge in [-0.25, -0.2) is 15.0 Å². The summed E-state index contributed by atoms with van der Waals surface area (Å²) < 4.78 is 0. The molecule has 2 aromatic heterocycles. The van der Waals surface area contributed by atoms with E-state index in [2.05, 4.69) is 30.5 Å². The van der Waals surface area contributed by atoms with Crippen molar-refractivity contribution in [3.8, 4) is 0 Å². The lowest BCUT2D eigenvalue weighted by atomic mass is 10.1. The summed E-state index contributed by atoms with van der Waals surface area (Å²) >= 11 is 0. The van der Waals surface area contributed by atoms with Gasteiger partial charge in [-0.2, -0.15) is 0 Å². The summed E-state index contributed by atoms with van der Waals surface area (Å²) in [6.07, 6.45) is 6.62. The molecule has 9 nitrogen and oxygen atoms in total. The second-order valence-corrected chi connectivity index (χ2v) is 5.85. The first kappa shape index (κ1) is 17.0. The van der Waals surface area contributed by atoms with Crippen LogP contribution < -0.4 is 10.6 Å². The molecule has 1 aliphatic rings. The van der Waals surface area contributed by atoms with Crippen molar-refractivity contribution in [2.24, 2.45) is 0 Å². The van der Waals surface area contributed by atoms with Gasteiger partial charge in [0.15, 0.2) is 0 Å². The molecule has 3 heterocycles. The molecule has 1 aliphatic heterocycles. The minimum Gasteiger partial charge on any atom is -0.363 e. The smallest absolute Gasteiger partial charge is 0.353 e. The van der Waals surface area contributed by atoms with Crippen LogP contribution in [-0.4, -0.2) is 51.0 Å². The number of nitrogens with zero attached hydrogens (tertiary/aromatic N) is 5. The van der Waals surface area contributed by atoms with Crippen LogP contribution in [0.3, 0.4) is 0 Å². The minimum absolute atomic E-state index is 0.124. The highest BCUT2D eigenvalue weighted by Crippen LogP contribution is 2.30. The molecule has 9 heteroatoms. The lowest BCUT2D eigenvalue weighted by Gasteiger charge is -2.26. The number of aromatic nitrogens is 3. The number of nitro groups is 1. The Kier molecular flexibility index (Phi) is 5.68. The van der Waals surface area contributed by atoms with Crippen LogP contribution in [-0.2, 0) is 0 Å². The molecule has 25 heavy (non-hydrogen) atoms. The predicted octanol–water partition coefficient (Wildman–Crippen LogP) is 2.42. The second-order valence-electron chi connectivity index (χ2n) is 5.85. The molecule has 1 saturated heterocycles. The van der Waals surface area contributed by atoms with Gasteiger partial charge in [0.1, 0.15) is 12.1 Å². The summed E-state index contributed by atoms with van der Waals surface area (Å²) in [6, 6.07) is 5.28. The highest BCUT2D eigenvalue weighted by molar-refractivity contribution is 5.72. The van der Waals surface area contributed by atoms with Gasteiger partial charge in [-0.1, -0.05) is 12.5 Å². The summed E-state index contributed by atoms with van der Waals surface area (Å²) in [6.45, 7) is 3.60. The lowest BCUT2D eigenvalue weighted by molar-refractivity contribution is -0.383. The van der Waals surface area contributed by atoms with Crippen LogP contribution in [0.25, 0.3) is 0 Å². The molecule has 0 atom stereocenters. The number of rotatable bonds is 7. The fraction of sp³-hybridized carbons (Fsp3) is 0.438. The first-order chi connectivity index (χ1) is 12.2. The van der Waals surface area contributed by atoms with Crippen molar-refractivity contribution in [3.05, 3.63) is 40.8 Å². The van der Waals surface area contributed by atoms with E-state index >= 15 is 0 Å². The molecule has 0 radical (unpaired) electrons. The Balaban J connectivity index is 1.70. The van der Waals surface area contributed by atoms with Crippen molar-refractivity contribution in [2.45, 2.75) is 19.3 Å². The van der Waals surface area contributed by atoms with Crippen molar-refractivity contribution in [3.63, 3.8) is 0 Å². The van der Waals surface area contributed by atoms with Crippen molar-refractivity contribution in [1.29, 1.82) is 0 Å². The average Bonchev–Trinajstić information content (AvgIpc) is 2.63. The third-order valence-corrected chi connectivity index (χ3v) is 4.09. The molecule has 1 fully saturated rings. The van der Waals surface area contributed by atoms with Crippen LogP contribution in [0, 0.1) is 10.1 Å². The topological polar surface area (TPSA) is 109 Å². The molecule has 0 unspecified atom stereocenters. The van der Waals surface area contributed by atoms with Gasteiger partial charge >= 0.3 is 5.69 Å². The van der Waals surface area contributed by atoms with Gasteiger partial charge in [0, 0.05) is 19.3 Å². The summed E-state index contributed by atoms with van der Waals surface area (Å²) in [5.41, 5.74) is -0.174. The van der Waals surface area contributed by atoms with Gasteiger partial charge in [0.25, 0.3) is 0 Å². The summed E-state index contributed by atoms with van der Waals surface area (Å²) in [5, 5.41) is 17.5. The number of hydrogen-bond acceptors (Lipinski definition) is 8. The van der Waals surface area contributed by atoms with E-state index in [4.69, 9.17) is 0 Å². The lowest BCUT2D eigenvalue weighted by Crippen LogP contribution is -2.33. The molecule has 0 aromatic carbocycles. The van der Waals surface area contributed by atoms with E-state index in [-0.39, 0.29) is 17.3 Å². The highest BCUT2D eigenvalue weighted by Gasteiger charge is 2.23. The van der Waals surface area contributed by atoms with Crippen LogP contribution in [0.4, 0.5) is 23.1 Å². The monoisotopic (exact) mass is 343 g/mol. The third kappa shape index (κ3) is 4.60. The van der Waals surface area contributed by atoms with Crippen molar-refractivity contribution >= 4 is 23.1 Å². The van der Waals surface area contributed by atoms with E-state index in [9.17, 15) is 10.1 Å². The van der Waals surface area contributed by atoms with Crippen LogP contribution in [0.5, 0.6) is 0 Å². The zero-order chi connectivity index (χ0) is 17.5. The SMILES string of the molecule is O=[N+]([O-])c1c(NCCN2CCCCC2)ncnc1Nc1ccccn1. The molecule has 2 aromatic rings. The molecule has 3 rings (SSSR count). The van der Waals surface area contributed by atoms with E-state index in [0.29, 0.717) is 12.4 Å². The summed E-state index contributed by atoms with van der Waals surface area (Å²) in [5.74, 6) is 0.832. The zero-order valence-electron chi connectivity index (χ0n) is 13.9. The van der Waals surface area contributed by atoms with Gasteiger partial charge in [-0.3, -0.25) is 10.1 Å². The number of pyridine rings is 1. The fourth-order valence-electron chi connectivity index (χ4n) is 2.85. The molecule has 0 spiro atoms. The molecule has 0 saturated carbocycles. The molecular formula is C16H21N7O2. The van der Waals surface area contributed by atoms with E-state index in [1.165, 1.54) is 25.6 Å². The fourth-order valence-corrected chi connectivity index (χ4v) is 2.85. The quantitative estimate of drug-likeness (QED) is 0.583. The largest absolute Gasteiger partial charge is 0.363 e. The van der Waals surface area contributed by atoms with Crippen LogP contribution in [0.2, 0.25) is 0 Å². The Morgan fingerprint density at radius 1 is 1.12 bits per heavy atom. The zero-order valence-corrected chi connectivity index (χ0v) is 13.9. The standard InChI is InChI=1S/C16H21N7O2/c24-23(25)14-15(18-8-11-22-9-4-1-5-10-22)19-12-20-16(14)21-13-6-2-3-7-17-13/h2-3,6-7,12H,1,4-5,8-11H2,(H2,17,18,19,20,21). The van der Waals surface area contributed by atoms with E-state index < -0.39 is 4.92 Å². The number of likely N-dealkylation sites (tertiary alicyclic amines) is 1. The van der Waals surface area contributed by atoms with E-state index in [1.807, 2.05) is 0 Å². The van der Waals surface area contributed by atoms with Crippen LogP contribution in [0.1, 0.15) is 19.3 Å². The van der Waals surface area contributed by atoms with E-state index in [1.54, 1.807) is 24.4 Å². The molecule has 0 aliphatic carbocycles. The second kappa shape index (κ2) is 8.34. The Bertz CT molecular complexity index is 705. The molecule has 0 bridgehead atoms. The highest BCUT2D eigenvalue weighted by atomic mass is 16.6. The molecule has 0 amide bonds. The number of nitrogens with one attached hydrogen (secondary N) is 2. The van der Waals surface area contributed by atoms with Gasteiger partial charge in [-0.05, 0) is 38.1 Å². The molecular weight excluding hydrogens is 322 g/mol. The van der Waals surface area contributed by atoms with Gasteiger partial charge < -0.3 is 15.5 Å². The first-order valence-electron chi connectivity index (χ1n) is 8.38. The third-order valence-electron chi connectivity index (χ3n) is 4.09. The maximum absolute atomic E-state index is 11.5. The predicted molar refractivity (Wildman–Crippen MR) is 95.0 cm³/mol. The Labute approximate surface area is 145 Å². The Hall–Kier alpha value is -2.81. The van der Waals surface area contributed by atoms with Crippen LogP contribution in [0.15, 0.2) is 30.7 Å². The van der Waals surface area contributed by atoms with E-state index in [0.717, 1.165) is 19.6 Å². The summed E-state index contributed by atoms with van der Waals surface area (Å²) in [7, 11) is 0. The Morgan fingerprint density at radius 3 is 2.64 bits per heavy atom. The first-order valence-corrected chi connectivity index (χ1v) is 8.38. The number of anilines is 3. The maximum atomic E-state index is 11.5. The molecule has 132 valence electrons. The Morgan fingerprint density at radius 2 is 1.92 bits per heavy atom. The minimum atomic E-state index is -0.478. The normalized spacial score (nSPS) is 14.9. The van der Waals surface area contributed by atoms with Crippen molar-refractivity contribution in [2.75, 3.05) is 36.8 Å².